The fourth-order valence-electron chi connectivity index (χ4n) is 3.75. The Kier molecular flexibility index (Phi) is 5.38. The summed E-state index contributed by atoms with van der Waals surface area (Å²) < 4.78 is 0. The van der Waals surface area contributed by atoms with E-state index in [1.807, 2.05) is 0 Å². The van der Waals surface area contributed by atoms with Crippen LogP contribution in [-0.4, -0.2) is 45.9 Å². The monoisotopic (exact) mass is 302 g/mol. The quantitative estimate of drug-likeness (QED) is 0.871. The van der Waals surface area contributed by atoms with Gasteiger partial charge in [-0.05, 0) is 32.2 Å². The molecule has 1 aromatic rings. The van der Waals surface area contributed by atoms with Crippen molar-refractivity contribution in [3.05, 3.63) is 24.3 Å². The summed E-state index contributed by atoms with van der Waals surface area (Å²) in [4.78, 5) is 22.9. The molecule has 2 aliphatic rings. The fourth-order valence-corrected chi connectivity index (χ4v) is 3.75. The number of likely N-dealkylation sites (tertiary alicyclic amines) is 1. The van der Waals surface area contributed by atoms with E-state index in [-0.39, 0.29) is 11.9 Å². The lowest BCUT2D eigenvalue weighted by molar-refractivity contribution is 0.0855. The number of piperidine rings is 1. The second-order valence-corrected chi connectivity index (χ2v) is 6.54. The SMILES string of the molecule is O=C(N[C@H]1CCCN(C2CCCCCC2)C1)c1cnccn1. The van der Waals surface area contributed by atoms with Crippen LogP contribution in [0.25, 0.3) is 0 Å². The van der Waals surface area contributed by atoms with Gasteiger partial charge in [0.25, 0.3) is 5.91 Å². The molecule has 22 heavy (non-hydrogen) atoms. The summed E-state index contributed by atoms with van der Waals surface area (Å²) in [5.41, 5.74) is 0.411. The molecular weight excluding hydrogens is 276 g/mol. The van der Waals surface area contributed by atoms with Gasteiger partial charge in [-0.1, -0.05) is 25.7 Å². The number of carbonyl (C=O) groups excluding carboxylic acids is 1. The van der Waals surface area contributed by atoms with Crippen LogP contribution in [0.1, 0.15) is 61.9 Å². The summed E-state index contributed by atoms with van der Waals surface area (Å²) in [7, 11) is 0. The maximum atomic E-state index is 12.2. The maximum absolute atomic E-state index is 12.2. The Morgan fingerprint density at radius 2 is 1.91 bits per heavy atom. The van der Waals surface area contributed by atoms with Gasteiger partial charge in [-0.2, -0.15) is 0 Å². The molecule has 2 heterocycles. The normalized spacial score (nSPS) is 24.6. The average Bonchev–Trinajstić information content (AvgIpc) is 2.85. The Morgan fingerprint density at radius 3 is 2.64 bits per heavy atom. The van der Waals surface area contributed by atoms with Crippen LogP contribution in [0.2, 0.25) is 0 Å². The minimum absolute atomic E-state index is 0.0965. The van der Waals surface area contributed by atoms with E-state index in [2.05, 4.69) is 20.2 Å². The molecule has 2 fully saturated rings. The van der Waals surface area contributed by atoms with Gasteiger partial charge in [-0.25, -0.2) is 4.98 Å². The van der Waals surface area contributed by atoms with E-state index in [1.165, 1.54) is 57.7 Å². The van der Waals surface area contributed by atoms with E-state index < -0.39 is 0 Å². The molecule has 1 atom stereocenters. The average molecular weight is 302 g/mol. The van der Waals surface area contributed by atoms with Gasteiger partial charge in [0, 0.05) is 31.0 Å². The number of aromatic nitrogens is 2. The minimum atomic E-state index is -0.0965. The number of rotatable bonds is 3. The molecule has 0 radical (unpaired) electrons. The fraction of sp³-hybridized carbons (Fsp3) is 0.706. The highest BCUT2D eigenvalue weighted by molar-refractivity contribution is 5.92. The molecule has 1 aromatic heterocycles. The van der Waals surface area contributed by atoms with E-state index in [0.29, 0.717) is 5.69 Å². The number of hydrogen-bond donors (Lipinski definition) is 1. The third-order valence-electron chi connectivity index (χ3n) is 4.92. The van der Waals surface area contributed by atoms with Gasteiger partial charge in [0.1, 0.15) is 5.69 Å². The molecule has 1 aliphatic carbocycles. The predicted molar refractivity (Wildman–Crippen MR) is 85.6 cm³/mol. The lowest BCUT2D eigenvalue weighted by atomic mass is 10.00. The molecule has 0 bridgehead atoms. The third-order valence-corrected chi connectivity index (χ3v) is 4.92. The van der Waals surface area contributed by atoms with E-state index in [9.17, 15) is 4.79 Å². The summed E-state index contributed by atoms with van der Waals surface area (Å²) in [5, 5.41) is 3.14. The highest BCUT2D eigenvalue weighted by atomic mass is 16.1. The van der Waals surface area contributed by atoms with Crippen LogP contribution in [0.5, 0.6) is 0 Å². The molecule has 1 saturated carbocycles. The number of nitrogens with zero attached hydrogens (tertiary/aromatic N) is 3. The third kappa shape index (κ3) is 4.03. The molecular formula is C17H26N4O. The zero-order valence-corrected chi connectivity index (χ0v) is 13.2. The molecule has 1 N–H and O–H groups in total. The van der Waals surface area contributed by atoms with Crippen LogP contribution >= 0.6 is 0 Å². The first-order chi connectivity index (χ1) is 10.8. The number of nitrogens with one attached hydrogen (secondary N) is 1. The summed E-state index contributed by atoms with van der Waals surface area (Å²) in [5.74, 6) is -0.0965. The van der Waals surface area contributed by atoms with Crippen LogP contribution < -0.4 is 5.32 Å². The van der Waals surface area contributed by atoms with E-state index in [0.717, 1.165) is 19.0 Å². The van der Waals surface area contributed by atoms with E-state index in [4.69, 9.17) is 0 Å². The van der Waals surface area contributed by atoms with E-state index >= 15 is 0 Å². The van der Waals surface area contributed by atoms with Crippen molar-refractivity contribution in [2.45, 2.75) is 63.5 Å². The van der Waals surface area contributed by atoms with Crippen LogP contribution in [-0.2, 0) is 0 Å². The van der Waals surface area contributed by atoms with Crippen LogP contribution in [0.3, 0.4) is 0 Å². The van der Waals surface area contributed by atoms with Crippen molar-refractivity contribution >= 4 is 5.91 Å². The molecule has 0 unspecified atom stereocenters. The Balaban J connectivity index is 1.55. The Morgan fingerprint density at radius 1 is 1.09 bits per heavy atom. The van der Waals surface area contributed by atoms with Crippen molar-refractivity contribution < 1.29 is 4.79 Å². The molecule has 0 aromatic carbocycles. The highest BCUT2D eigenvalue weighted by Gasteiger charge is 2.27. The Bertz CT molecular complexity index is 471. The summed E-state index contributed by atoms with van der Waals surface area (Å²) >= 11 is 0. The van der Waals surface area contributed by atoms with Gasteiger partial charge in [-0.3, -0.25) is 14.7 Å². The van der Waals surface area contributed by atoms with Crippen LogP contribution in [0.4, 0.5) is 0 Å². The summed E-state index contributed by atoms with van der Waals surface area (Å²) in [6.45, 7) is 2.17. The van der Waals surface area contributed by atoms with Gasteiger partial charge in [0.2, 0.25) is 0 Å². The molecule has 0 spiro atoms. The van der Waals surface area contributed by atoms with Gasteiger partial charge in [0.15, 0.2) is 0 Å². The lowest BCUT2D eigenvalue weighted by Crippen LogP contribution is -2.51. The topological polar surface area (TPSA) is 58.1 Å². The first-order valence-electron chi connectivity index (χ1n) is 8.64. The van der Waals surface area contributed by atoms with Crippen molar-refractivity contribution in [3.8, 4) is 0 Å². The first-order valence-corrected chi connectivity index (χ1v) is 8.64. The maximum Gasteiger partial charge on any atom is 0.271 e. The van der Waals surface area contributed by atoms with Crippen molar-refractivity contribution in [3.63, 3.8) is 0 Å². The van der Waals surface area contributed by atoms with Crippen molar-refractivity contribution in [1.82, 2.24) is 20.2 Å². The molecule has 3 rings (SSSR count). The first kappa shape index (κ1) is 15.4. The van der Waals surface area contributed by atoms with Gasteiger partial charge >= 0.3 is 0 Å². The minimum Gasteiger partial charge on any atom is -0.347 e. The molecule has 120 valence electrons. The zero-order chi connectivity index (χ0) is 15.2. The Hall–Kier alpha value is -1.49. The molecule has 5 heteroatoms. The smallest absolute Gasteiger partial charge is 0.271 e. The van der Waals surface area contributed by atoms with Gasteiger partial charge in [-0.15, -0.1) is 0 Å². The molecule has 1 saturated heterocycles. The molecule has 1 amide bonds. The molecule has 5 nitrogen and oxygen atoms in total. The molecule has 1 aliphatic heterocycles. The number of carbonyl (C=O) groups is 1. The largest absolute Gasteiger partial charge is 0.347 e. The zero-order valence-electron chi connectivity index (χ0n) is 13.2. The highest BCUT2D eigenvalue weighted by Crippen LogP contribution is 2.24. The van der Waals surface area contributed by atoms with Gasteiger partial charge < -0.3 is 5.32 Å². The number of hydrogen-bond acceptors (Lipinski definition) is 4. The second-order valence-electron chi connectivity index (χ2n) is 6.54. The van der Waals surface area contributed by atoms with Crippen molar-refractivity contribution in [2.24, 2.45) is 0 Å². The van der Waals surface area contributed by atoms with E-state index in [1.54, 1.807) is 12.4 Å². The van der Waals surface area contributed by atoms with Crippen LogP contribution in [0, 0.1) is 0 Å². The summed E-state index contributed by atoms with van der Waals surface area (Å²) in [6.07, 6.45) is 15.1. The second kappa shape index (κ2) is 7.68. The summed E-state index contributed by atoms with van der Waals surface area (Å²) in [6, 6.07) is 0.963. The standard InChI is InChI=1S/C17H26N4O/c22-17(16-12-18-9-10-19-16)20-14-6-5-11-21(13-14)15-7-3-1-2-4-8-15/h9-10,12,14-15H,1-8,11,13H2,(H,20,22)/t14-/m0/s1. The predicted octanol–water partition coefficient (Wildman–Crippen LogP) is 2.39. The van der Waals surface area contributed by atoms with Crippen molar-refractivity contribution in [2.75, 3.05) is 13.1 Å². The van der Waals surface area contributed by atoms with Crippen LogP contribution in [0.15, 0.2) is 18.6 Å². The number of amides is 1. The Labute approximate surface area is 132 Å². The van der Waals surface area contributed by atoms with Gasteiger partial charge in [0.05, 0.1) is 6.20 Å². The lowest BCUT2D eigenvalue weighted by Gasteiger charge is -2.38. The van der Waals surface area contributed by atoms with Crippen molar-refractivity contribution in [1.29, 1.82) is 0 Å².